The van der Waals surface area contributed by atoms with E-state index >= 15 is 0 Å². The van der Waals surface area contributed by atoms with E-state index in [1.54, 1.807) is 6.07 Å². The molecule has 0 aliphatic rings. The molecule has 0 unspecified atom stereocenters. The van der Waals surface area contributed by atoms with Gasteiger partial charge in [-0.2, -0.15) is 31.6 Å². The summed E-state index contributed by atoms with van der Waals surface area (Å²) in [4.78, 5) is 0. The Balaban J connectivity index is 1.92. The number of hydrogen-bond acceptors (Lipinski definition) is 4. The maximum Gasteiger partial charge on any atom is 0.416 e. The fourth-order valence-electron chi connectivity index (χ4n) is 2.53. The summed E-state index contributed by atoms with van der Waals surface area (Å²) in [5, 5.41) is 18.4. The second-order valence-corrected chi connectivity index (χ2v) is 6.00. The summed E-state index contributed by atoms with van der Waals surface area (Å²) in [6.07, 6.45) is -10.0. The number of benzene rings is 2. The van der Waals surface area contributed by atoms with Crippen LogP contribution in [0, 0.1) is 17.1 Å². The van der Waals surface area contributed by atoms with Gasteiger partial charge in [0.1, 0.15) is 18.4 Å². The molecule has 1 N–H and O–H groups in total. The van der Waals surface area contributed by atoms with E-state index < -0.39 is 47.2 Å². The zero-order valence-electron chi connectivity index (χ0n) is 14.6. The van der Waals surface area contributed by atoms with Gasteiger partial charge in [0.15, 0.2) is 17.3 Å². The normalized spacial score (nSPS) is 11.9. The van der Waals surface area contributed by atoms with E-state index in [0.29, 0.717) is 12.1 Å². The van der Waals surface area contributed by atoms with Crippen LogP contribution >= 0.6 is 0 Å². The molecule has 5 nitrogen and oxygen atoms in total. The highest BCUT2D eigenvalue weighted by Crippen LogP contribution is 2.36. The number of H-pyrrole nitrogens is 1. The summed E-state index contributed by atoms with van der Waals surface area (Å²) in [5.41, 5.74) is -3.23. The Morgan fingerprint density at radius 1 is 0.967 bits per heavy atom. The topological polar surface area (TPSA) is 74.6 Å². The van der Waals surface area contributed by atoms with Crippen molar-refractivity contribution in [3.8, 4) is 23.1 Å². The summed E-state index contributed by atoms with van der Waals surface area (Å²) < 4.78 is 96.8. The SMILES string of the molecule is N#Cc1[nH]nnc1-c1ccc(F)c(OCc2cc(C(F)(F)F)cc(C(F)(F)F)c2)c1. The smallest absolute Gasteiger partial charge is 0.416 e. The fraction of sp³-hybridized carbons (Fsp3) is 0.167. The first-order valence-corrected chi connectivity index (χ1v) is 8.01. The Kier molecular flexibility index (Phi) is 5.39. The van der Waals surface area contributed by atoms with Crippen molar-refractivity contribution >= 4 is 0 Å². The van der Waals surface area contributed by atoms with Gasteiger partial charge in [0, 0.05) is 5.56 Å². The van der Waals surface area contributed by atoms with Crippen molar-refractivity contribution in [2.45, 2.75) is 19.0 Å². The molecular weight excluding hydrogens is 421 g/mol. The van der Waals surface area contributed by atoms with Gasteiger partial charge in [-0.05, 0) is 42.0 Å². The summed E-state index contributed by atoms with van der Waals surface area (Å²) in [6.45, 7) is -0.767. The van der Waals surface area contributed by atoms with E-state index in [9.17, 15) is 30.7 Å². The van der Waals surface area contributed by atoms with Crippen LogP contribution in [0.25, 0.3) is 11.3 Å². The van der Waals surface area contributed by atoms with Crippen molar-refractivity contribution in [3.05, 3.63) is 64.6 Å². The fourth-order valence-corrected chi connectivity index (χ4v) is 2.53. The highest BCUT2D eigenvalue weighted by atomic mass is 19.4. The highest BCUT2D eigenvalue weighted by molar-refractivity contribution is 5.65. The lowest BCUT2D eigenvalue weighted by Gasteiger charge is -2.15. The summed E-state index contributed by atoms with van der Waals surface area (Å²) >= 11 is 0. The molecule has 3 rings (SSSR count). The van der Waals surface area contributed by atoms with Crippen molar-refractivity contribution in [2.24, 2.45) is 0 Å². The molecular formula is C18H9F7N4O. The molecule has 30 heavy (non-hydrogen) atoms. The predicted molar refractivity (Wildman–Crippen MR) is 87.3 cm³/mol. The monoisotopic (exact) mass is 430 g/mol. The first-order valence-electron chi connectivity index (χ1n) is 8.01. The van der Waals surface area contributed by atoms with Crippen molar-refractivity contribution in [1.82, 2.24) is 15.4 Å². The van der Waals surface area contributed by atoms with E-state index in [2.05, 4.69) is 15.4 Å². The molecule has 1 aromatic heterocycles. The van der Waals surface area contributed by atoms with Gasteiger partial charge in [0.25, 0.3) is 0 Å². The molecule has 0 amide bonds. The molecule has 0 bridgehead atoms. The molecule has 0 spiro atoms. The summed E-state index contributed by atoms with van der Waals surface area (Å²) in [7, 11) is 0. The third kappa shape index (κ3) is 4.51. The molecule has 0 aliphatic carbocycles. The van der Waals surface area contributed by atoms with Gasteiger partial charge in [0.2, 0.25) is 0 Å². The molecule has 0 fully saturated rings. The first-order chi connectivity index (χ1) is 14.0. The Morgan fingerprint density at radius 2 is 1.60 bits per heavy atom. The number of ether oxygens (including phenoxy) is 1. The number of nitriles is 1. The van der Waals surface area contributed by atoms with Crippen LogP contribution in [0.2, 0.25) is 0 Å². The van der Waals surface area contributed by atoms with Crippen LogP contribution < -0.4 is 4.74 Å². The average molecular weight is 430 g/mol. The highest BCUT2D eigenvalue weighted by Gasteiger charge is 2.36. The zero-order chi connectivity index (χ0) is 22.1. The van der Waals surface area contributed by atoms with Gasteiger partial charge >= 0.3 is 12.4 Å². The van der Waals surface area contributed by atoms with E-state index in [1.807, 2.05) is 0 Å². The van der Waals surface area contributed by atoms with Gasteiger partial charge < -0.3 is 4.74 Å². The van der Waals surface area contributed by atoms with Crippen molar-refractivity contribution in [3.63, 3.8) is 0 Å². The van der Waals surface area contributed by atoms with Gasteiger partial charge in [0.05, 0.1) is 11.1 Å². The van der Waals surface area contributed by atoms with Crippen LogP contribution in [0.4, 0.5) is 30.7 Å². The Labute approximate surface area is 163 Å². The second kappa shape index (κ2) is 7.66. The minimum absolute atomic E-state index is 0.0152. The van der Waals surface area contributed by atoms with E-state index in [1.165, 1.54) is 6.07 Å². The maximum absolute atomic E-state index is 14.0. The second-order valence-electron chi connectivity index (χ2n) is 6.00. The van der Waals surface area contributed by atoms with Crippen LogP contribution in [0.5, 0.6) is 5.75 Å². The lowest BCUT2D eigenvalue weighted by molar-refractivity contribution is -0.143. The van der Waals surface area contributed by atoms with Crippen molar-refractivity contribution in [2.75, 3.05) is 0 Å². The lowest BCUT2D eigenvalue weighted by Crippen LogP contribution is -2.12. The third-order valence-electron chi connectivity index (χ3n) is 3.91. The predicted octanol–water partition coefficient (Wildman–Crippen LogP) is 5.10. The largest absolute Gasteiger partial charge is 0.486 e. The van der Waals surface area contributed by atoms with Crippen LogP contribution in [-0.2, 0) is 19.0 Å². The van der Waals surface area contributed by atoms with Crippen LogP contribution in [0.1, 0.15) is 22.4 Å². The maximum atomic E-state index is 14.0. The van der Waals surface area contributed by atoms with Crippen molar-refractivity contribution in [1.29, 1.82) is 5.26 Å². The van der Waals surface area contributed by atoms with Crippen molar-refractivity contribution < 1.29 is 35.5 Å². The van der Waals surface area contributed by atoms with E-state index in [-0.39, 0.29) is 23.0 Å². The number of aromatic amines is 1. The molecule has 2 aromatic carbocycles. The number of rotatable bonds is 4. The molecule has 0 saturated carbocycles. The standard InChI is InChI=1S/C18H9F7N4O/c19-13-2-1-10(16-14(7-26)27-29-28-16)5-15(13)30-8-9-3-11(17(20,21)22)6-12(4-9)18(23,24)25/h1-6H,8H2,(H,27,28,29). The van der Waals surface area contributed by atoms with Crippen LogP contribution in [0.3, 0.4) is 0 Å². The van der Waals surface area contributed by atoms with Gasteiger partial charge in [-0.15, -0.1) is 5.10 Å². The zero-order valence-corrected chi connectivity index (χ0v) is 14.6. The molecule has 0 aliphatic heterocycles. The first kappa shape index (κ1) is 21.1. The van der Waals surface area contributed by atoms with Crippen LogP contribution in [0.15, 0.2) is 36.4 Å². The molecule has 0 atom stereocenters. The molecule has 0 saturated heterocycles. The van der Waals surface area contributed by atoms with Gasteiger partial charge in [-0.1, -0.05) is 5.21 Å². The summed E-state index contributed by atoms with van der Waals surface area (Å²) in [6, 6.07) is 6.05. The number of hydrogen-bond donors (Lipinski definition) is 1. The number of alkyl halides is 6. The van der Waals surface area contributed by atoms with Gasteiger partial charge in [-0.3, -0.25) is 0 Å². The Bertz CT molecular complexity index is 1080. The minimum atomic E-state index is -5.01. The minimum Gasteiger partial charge on any atom is -0.486 e. The molecule has 3 aromatic rings. The van der Waals surface area contributed by atoms with E-state index in [4.69, 9.17) is 10.00 Å². The lowest BCUT2D eigenvalue weighted by atomic mass is 10.1. The molecule has 156 valence electrons. The number of halogens is 7. The average Bonchev–Trinajstić information content (AvgIpc) is 3.14. The molecule has 1 heterocycles. The number of aromatic nitrogens is 3. The third-order valence-corrected chi connectivity index (χ3v) is 3.91. The van der Waals surface area contributed by atoms with Gasteiger partial charge in [-0.25, -0.2) is 9.49 Å². The summed E-state index contributed by atoms with van der Waals surface area (Å²) in [5.74, 6) is -1.37. The van der Waals surface area contributed by atoms with E-state index in [0.717, 1.165) is 12.1 Å². The number of nitrogens with one attached hydrogen (secondary N) is 1. The Hall–Kier alpha value is -3.62. The Morgan fingerprint density at radius 3 is 2.17 bits per heavy atom. The number of nitrogens with zero attached hydrogens (tertiary/aromatic N) is 3. The quantitative estimate of drug-likeness (QED) is 0.585. The molecule has 12 heteroatoms. The molecule has 0 radical (unpaired) electrons. The van der Waals surface area contributed by atoms with Crippen LogP contribution in [-0.4, -0.2) is 15.4 Å².